The lowest BCUT2D eigenvalue weighted by molar-refractivity contribution is -0.385. The van der Waals surface area contributed by atoms with Crippen molar-refractivity contribution in [2.45, 2.75) is 39.5 Å². The second kappa shape index (κ2) is 6.85. The molecule has 148 valence electrons. The van der Waals surface area contributed by atoms with Crippen LogP contribution in [-0.4, -0.2) is 34.6 Å². The SMILES string of the molecule is COC(=O)C1C(C)=NC2=C(C(=O)CC(C)(C)C2)[C@@H]1c1ccc([N+](=O)[O-])c(O)c1. The van der Waals surface area contributed by atoms with Gasteiger partial charge in [0.2, 0.25) is 0 Å². The lowest BCUT2D eigenvalue weighted by Gasteiger charge is -2.38. The molecule has 1 heterocycles. The van der Waals surface area contributed by atoms with E-state index in [-0.39, 0.29) is 11.2 Å². The molecule has 28 heavy (non-hydrogen) atoms. The Bertz CT molecular complexity index is 944. The summed E-state index contributed by atoms with van der Waals surface area (Å²) in [5.41, 5.74) is 1.31. The van der Waals surface area contributed by atoms with E-state index in [2.05, 4.69) is 4.99 Å². The molecule has 0 spiro atoms. The van der Waals surface area contributed by atoms with Gasteiger partial charge in [-0.05, 0) is 30.4 Å². The summed E-state index contributed by atoms with van der Waals surface area (Å²) in [7, 11) is 1.26. The fourth-order valence-electron chi connectivity index (χ4n) is 4.13. The summed E-state index contributed by atoms with van der Waals surface area (Å²) in [6.45, 7) is 5.67. The summed E-state index contributed by atoms with van der Waals surface area (Å²) in [4.78, 5) is 40.4. The summed E-state index contributed by atoms with van der Waals surface area (Å²) in [5, 5.41) is 21.1. The van der Waals surface area contributed by atoms with E-state index in [9.17, 15) is 24.8 Å². The molecular formula is C20H22N2O6. The van der Waals surface area contributed by atoms with Crippen LogP contribution in [0.15, 0.2) is 34.5 Å². The molecule has 1 aliphatic heterocycles. The number of carbonyl (C=O) groups is 2. The molecule has 1 aliphatic carbocycles. The number of phenols is 1. The maximum absolute atomic E-state index is 13.0. The number of rotatable bonds is 3. The highest BCUT2D eigenvalue weighted by Gasteiger charge is 2.46. The molecule has 2 atom stereocenters. The summed E-state index contributed by atoms with van der Waals surface area (Å²) in [6.07, 6.45) is 0.887. The normalized spacial score (nSPS) is 23.7. The van der Waals surface area contributed by atoms with Gasteiger partial charge in [0.1, 0.15) is 5.92 Å². The largest absolute Gasteiger partial charge is 0.502 e. The minimum atomic E-state index is -0.838. The molecule has 0 radical (unpaired) electrons. The van der Waals surface area contributed by atoms with E-state index in [1.807, 2.05) is 13.8 Å². The molecule has 1 aromatic rings. The Balaban J connectivity index is 2.21. The second-order valence-electron chi connectivity index (χ2n) is 8.04. The Morgan fingerprint density at radius 3 is 2.61 bits per heavy atom. The number of aromatic hydroxyl groups is 1. The maximum Gasteiger partial charge on any atom is 0.315 e. The van der Waals surface area contributed by atoms with Crippen molar-refractivity contribution in [3.8, 4) is 5.75 Å². The fourth-order valence-corrected chi connectivity index (χ4v) is 4.13. The Morgan fingerprint density at radius 2 is 2.04 bits per heavy atom. The first-order valence-electron chi connectivity index (χ1n) is 8.92. The topological polar surface area (TPSA) is 119 Å². The van der Waals surface area contributed by atoms with Crippen LogP contribution in [-0.2, 0) is 14.3 Å². The number of nitrogens with zero attached hydrogens (tertiary/aromatic N) is 2. The zero-order chi connectivity index (χ0) is 20.8. The molecule has 8 heteroatoms. The predicted octanol–water partition coefficient (Wildman–Crippen LogP) is 3.29. The highest BCUT2D eigenvalue weighted by molar-refractivity contribution is 6.09. The minimum absolute atomic E-state index is 0.112. The van der Waals surface area contributed by atoms with E-state index in [1.54, 1.807) is 6.92 Å². The molecule has 2 aliphatic rings. The number of Topliss-reactive ketones (excluding diaryl/α,β-unsaturated/α-hetero) is 1. The molecular weight excluding hydrogens is 364 g/mol. The van der Waals surface area contributed by atoms with Gasteiger partial charge in [0.15, 0.2) is 11.5 Å². The first-order chi connectivity index (χ1) is 13.1. The Morgan fingerprint density at radius 1 is 1.36 bits per heavy atom. The number of aliphatic imine (C=N–C) groups is 1. The van der Waals surface area contributed by atoms with Crippen LogP contribution in [0.5, 0.6) is 5.75 Å². The molecule has 0 amide bonds. The van der Waals surface area contributed by atoms with E-state index in [4.69, 9.17) is 4.74 Å². The molecule has 0 saturated heterocycles. The van der Waals surface area contributed by atoms with E-state index >= 15 is 0 Å². The lowest BCUT2D eigenvalue weighted by atomic mass is 9.67. The zero-order valence-corrected chi connectivity index (χ0v) is 16.2. The smallest absolute Gasteiger partial charge is 0.315 e. The number of esters is 1. The Labute approximate surface area is 162 Å². The predicted molar refractivity (Wildman–Crippen MR) is 101 cm³/mol. The van der Waals surface area contributed by atoms with Gasteiger partial charge in [0.05, 0.1) is 12.0 Å². The zero-order valence-electron chi connectivity index (χ0n) is 16.2. The van der Waals surface area contributed by atoms with Crippen molar-refractivity contribution in [1.29, 1.82) is 0 Å². The quantitative estimate of drug-likeness (QED) is 0.484. The number of nitro benzene ring substituents is 1. The van der Waals surface area contributed by atoms with Gasteiger partial charge in [0.25, 0.3) is 0 Å². The van der Waals surface area contributed by atoms with Gasteiger partial charge in [-0.15, -0.1) is 0 Å². The average molecular weight is 386 g/mol. The highest BCUT2D eigenvalue weighted by atomic mass is 16.6. The van der Waals surface area contributed by atoms with Crippen LogP contribution in [0.4, 0.5) is 5.69 Å². The summed E-state index contributed by atoms with van der Waals surface area (Å²) in [5.74, 6) is -2.73. The molecule has 8 nitrogen and oxygen atoms in total. The molecule has 0 aromatic heterocycles. The minimum Gasteiger partial charge on any atom is -0.502 e. The number of hydrogen-bond acceptors (Lipinski definition) is 7. The van der Waals surface area contributed by atoms with Crippen molar-refractivity contribution in [1.82, 2.24) is 0 Å². The van der Waals surface area contributed by atoms with E-state index in [0.29, 0.717) is 35.4 Å². The Hall–Kier alpha value is -3.03. The van der Waals surface area contributed by atoms with Gasteiger partial charge in [-0.1, -0.05) is 19.9 Å². The monoisotopic (exact) mass is 386 g/mol. The number of carbonyl (C=O) groups excluding carboxylic acids is 2. The summed E-state index contributed by atoms with van der Waals surface area (Å²) < 4.78 is 4.94. The number of allylic oxidation sites excluding steroid dienone is 2. The number of benzene rings is 1. The van der Waals surface area contributed by atoms with Crippen molar-refractivity contribution in [2.75, 3.05) is 7.11 Å². The van der Waals surface area contributed by atoms with E-state index in [1.165, 1.54) is 25.3 Å². The van der Waals surface area contributed by atoms with Crippen molar-refractivity contribution < 1.29 is 24.4 Å². The molecule has 0 saturated carbocycles. The van der Waals surface area contributed by atoms with Crippen LogP contribution in [0.2, 0.25) is 0 Å². The van der Waals surface area contributed by atoms with Gasteiger partial charge in [-0.25, -0.2) is 0 Å². The fraction of sp³-hybridized carbons (Fsp3) is 0.450. The number of methoxy groups -OCH3 is 1. The van der Waals surface area contributed by atoms with Crippen molar-refractivity contribution >= 4 is 23.2 Å². The van der Waals surface area contributed by atoms with Gasteiger partial charge < -0.3 is 9.84 Å². The number of phenolic OH excluding ortho intramolecular Hbond substituents is 1. The Kier molecular flexibility index (Phi) is 4.82. The summed E-state index contributed by atoms with van der Waals surface area (Å²) in [6, 6.07) is 3.89. The first-order valence-corrected chi connectivity index (χ1v) is 8.92. The molecule has 0 bridgehead atoms. The molecule has 1 unspecified atom stereocenters. The maximum atomic E-state index is 13.0. The average Bonchev–Trinajstić information content (AvgIpc) is 2.58. The van der Waals surface area contributed by atoms with Gasteiger partial charge in [-0.3, -0.25) is 24.7 Å². The highest BCUT2D eigenvalue weighted by Crippen LogP contribution is 2.48. The summed E-state index contributed by atoms with van der Waals surface area (Å²) >= 11 is 0. The number of nitro groups is 1. The van der Waals surface area contributed by atoms with Crippen LogP contribution in [0.3, 0.4) is 0 Å². The molecule has 0 fully saturated rings. The molecule has 3 rings (SSSR count). The van der Waals surface area contributed by atoms with Crippen molar-refractivity contribution in [2.24, 2.45) is 16.3 Å². The van der Waals surface area contributed by atoms with Gasteiger partial charge >= 0.3 is 11.7 Å². The number of ether oxygens (including phenoxy) is 1. The molecule has 1 aromatic carbocycles. The standard InChI is InChI=1S/C20H22N2O6/c1-10-16(19(25)28-4)17(11-5-6-13(22(26)27)14(23)7-11)18-12(21-10)8-20(2,3)9-15(18)24/h5-7,16-17,23H,8-9H2,1-4H3/t16?,17-/m1/s1. The number of hydrogen-bond donors (Lipinski definition) is 1. The first kappa shape index (κ1) is 19.7. The third-order valence-electron chi connectivity index (χ3n) is 5.31. The molecule has 1 N–H and O–H groups in total. The lowest BCUT2D eigenvalue weighted by Crippen LogP contribution is -2.39. The number of ketones is 1. The van der Waals surface area contributed by atoms with E-state index in [0.717, 1.165) is 0 Å². The second-order valence-corrected chi connectivity index (χ2v) is 8.04. The van der Waals surface area contributed by atoms with Crippen LogP contribution in [0, 0.1) is 21.4 Å². The van der Waals surface area contributed by atoms with Crippen molar-refractivity contribution in [3.05, 3.63) is 45.1 Å². The van der Waals surface area contributed by atoms with Crippen LogP contribution in [0.25, 0.3) is 0 Å². The third kappa shape index (κ3) is 3.30. The van der Waals surface area contributed by atoms with Crippen LogP contribution >= 0.6 is 0 Å². The third-order valence-corrected chi connectivity index (χ3v) is 5.31. The van der Waals surface area contributed by atoms with Crippen LogP contribution < -0.4 is 0 Å². The van der Waals surface area contributed by atoms with Gasteiger partial charge in [-0.2, -0.15) is 0 Å². The van der Waals surface area contributed by atoms with Crippen LogP contribution in [0.1, 0.15) is 45.1 Å². The van der Waals surface area contributed by atoms with Gasteiger partial charge in [0, 0.05) is 35.4 Å². The van der Waals surface area contributed by atoms with Crippen molar-refractivity contribution in [3.63, 3.8) is 0 Å². The van der Waals surface area contributed by atoms with E-state index < -0.39 is 34.2 Å².